The van der Waals surface area contributed by atoms with E-state index in [1.165, 1.54) is 16.5 Å². The molecular weight excluding hydrogens is 148 g/mol. The molecule has 0 aliphatic heterocycles. The van der Waals surface area contributed by atoms with Crippen LogP contribution in [0.5, 0.6) is 0 Å². The fraction of sp³-hybridized carbons (Fsp3) is 0.300. The van der Waals surface area contributed by atoms with Gasteiger partial charge in [-0.3, -0.25) is 0 Å². The van der Waals surface area contributed by atoms with E-state index in [2.05, 4.69) is 35.7 Å². The number of aromatic nitrogens is 2. The van der Waals surface area contributed by atoms with Crippen molar-refractivity contribution in [2.24, 2.45) is 7.05 Å². The van der Waals surface area contributed by atoms with Gasteiger partial charge in [-0.25, -0.2) is 4.98 Å². The average molecular weight is 160 g/mol. The lowest BCUT2D eigenvalue weighted by molar-refractivity contribution is 0.944. The Morgan fingerprint density at radius 1 is 1.25 bits per heavy atom. The van der Waals surface area contributed by atoms with E-state index in [1.807, 2.05) is 13.2 Å². The van der Waals surface area contributed by atoms with Gasteiger partial charge in [0.25, 0.3) is 0 Å². The molecule has 12 heavy (non-hydrogen) atoms. The summed E-state index contributed by atoms with van der Waals surface area (Å²) in [6.07, 6.45) is 3.97. The Balaban J connectivity index is 2.99. The van der Waals surface area contributed by atoms with Crippen LogP contribution in [0.25, 0.3) is 11.0 Å². The van der Waals surface area contributed by atoms with Crippen molar-refractivity contribution < 1.29 is 0 Å². The van der Waals surface area contributed by atoms with Crippen LogP contribution in [-0.2, 0) is 7.05 Å². The first-order valence-corrected chi connectivity index (χ1v) is 4.07. The first-order chi connectivity index (χ1) is 5.70. The minimum atomic E-state index is 1.08. The van der Waals surface area contributed by atoms with Gasteiger partial charge in [0, 0.05) is 24.8 Å². The Morgan fingerprint density at radius 3 is 2.67 bits per heavy atom. The summed E-state index contributed by atoms with van der Waals surface area (Å²) in [5.41, 5.74) is 3.68. The highest BCUT2D eigenvalue weighted by molar-refractivity contribution is 5.83. The van der Waals surface area contributed by atoms with E-state index in [0.717, 1.165) is 5.65 Å². The molecule has 0 amide bonds. The summed E-state index contributed by atoms with van der Waals surface area (Å²) in [5, 5.41) is 1.29. The van der Waals surface area contributed by atoms with Gasteiger partial charge in [-0.15, -0.1) is 0 Å². The van der Waals surface area contributed by atoms with Crippen LogP contribution in [0.1, 0.15) is 11.1 Å². The van der Waals surface area contributed by atoms with Crippen molar-refractivity contribution >= 4 is 11.0 Å². The molecule has 0 aromatic carbocycles. The summed E-state index contributed by atoms with van der Waals surface area (Å²) in [5.74, 6) is 0. The lowest BCUT2D eigenvalue weighted by Crippen LogP contribution is -1.87. The number of hydrogen-bond acceptors (Lipinski definition) is 1. The van der Waals surface area contributed by atoms with Crippen molar-refractivity contribution in [3.8, 4) is 0 Å². The topological polar surface area (TPSA) is 17.8 Å². The Morgan fingerprint density at radius 2 is 2.00 bits per heavy atom. The van der Waals surface area contributed by atoms with Crippen LogP contribution in [-0.4, -0.2) is 9.55 Å². The van der Waals surface area contributed by atoms with E-state index in [4.69, 9.17) is 0 Å². The van der Waals surface area contributed by atoms with E-state index in [1.54, 1.807) is 0 Å². The summed E-state index contributed by atoms with van der Waals surface area (Å²) in [4.78, 5) is 4.33. The second-order valence-corrected chi connectivity index (χ2v) is 3.25. The zero-order valence-electron chi connectivity index (χ0n) is 7.63. The molecule has 2 nitrogen and oxygen atoms in total. The normalized spacial score (nSPS) is 10.9. The molecular formula is C10H12N2. The third kappa shape index (κ3) is 0.843. The minimum absolute atomic E-state index is 1.08. The van der Waals surface area contributed by atoms with Crippen molar-refractivity contribution in [3.63, 3.8) is 0 Å². The maximum absolute atomic E-state index is 4.33. The monoisotopic (exact) mass is 160 g/mol. The average Bonchev–Trinajstić information content (AvgIpc) is 2.29. The van der Waals surface area contributed by atoms with E-state index < -0.39 is 0 Å². The molecule has 0 unspecified atom stereocenters. The van der Waals surface area contributed by atoms with Crippen LogP contribution in [0.4, 0.5) is 0 Å². The van der Waals surface area contributed by atoms with Crippen molar-refractivity contribution in [3.05, 3.63) is 29.6 Å². The van der Waals surface area contributed by atoms with Crippen LogP contribution >= 0.6 is 0 Å². The number of pyridine rings is 1. The van der Waals surface area contributed by atoms with Crippen molar-refractivity contribution in [2.75, 3.05) is 0 Å². The Hall–Kier alpha value is -1.31. The second kappa shape index (κ2) is 2.34. The summed E-state index contributed by atoms with van der Waals surface area (Å²) in [6, 6.07) is 2.05. The van der Waals surface area contributed by atoms with Gasteiger partial charge in [-0.1, -0.05) is 0 Å². The highest BCUT2D eigenvalue weighted by atomic mass is 15.0. The first-order valence-electron chi connectivity index (χ1n) is 4.07. The molecule has 0 saturated heterocycles. The third-order valence-electron chi connectivity index (χ3n) is 2.26. The van der Waals surface area contributed by atoms with Gasteiger partial charge >= 0.3 is 0 Å². The highest BCUT2D eigenvalue weighted by Gasteiger charge is 2.04. The molecule has 0 aliphatic carbocycles. The lowest BCUT2D eigenvalue weighted by atomic mass is 10.1. The van der Waals surface area contributed by atoms with E-state index in [-0.39, 0.29) is 0 Å². The fourth-order valence-electron chi connectivity index (χ4n) is 1.71. The van der Waals surface area contributed by atoms with Crippen LogP contribution in [0, 0.1) is 13.8 Å². The first kappa shape index (κ1) is 7.35. The molecule has 0 radical (unpaired) electrons. The largest absolute Gasteiger partial charge is 0.335 e. The van der Waals surface area contributed by atoms with Gasteiger partial charge in [-0.05, 0) is 31.0 Å². The van der Waals surface area contributed by atoms with E-state index in [0.29, 0.717) is 0 Å². The molecule has 62 valence electrons. The van der Waals surface area contributed by atoms with Crippen LogP contribution in [0.2, 0.25) is 0 Å². The van der Waals surface area contributed by atoms with E-state index >= 15 is 0 Å². The highest BCUT2D eigenvalue weighted by Crippen LogP contribution is 2.20. The van der Waals surface area contributed by atoms with Crippen molar-refractivity contribution in [2.45, 2.75) is 13.8 Å². The molecule has 2 heterocycles. The molecule has 2 aromatic heterocycles. The van der Waals surface area contributed by atoms with Crippen LogP contribution in [0.3, 0.4) is 0 Å². The minimum Gasteiger partial charge on any atom is -0.335 e. The van der Waals surface area contributed by atoms with Crippen molar-refractivity contribution in [1.29, 1.82) is 0 Å². The van der Waals surface area contributed by atoms with Gasteiger partial charge in [0.2, 0.25) is 0 Å². The molecule has 0 fully saturated rings. The smallest absolute Gasteiger partial charge is 0.140 e. The zero-order chi connectivity index (χ0) is 8.72. The molecule has 0 saturated carbocycles. The molecule has 0 atom stereocenters. The van der Waals surface area contributed by atoms with Crippen molar-refractivity contribution in [1.82, 2.24) is 9.55 Å². The molecule has 0 aliphatic rings. The number of nitrogens with zero attached hydrogens (tertiary/aromatic N) is 2. The van der Waals surface area contributed by atoms with Gasteiger partial charge in [-0.2, -0.15) is 0 Å². The predicted octanol–water partition coefficient (Wildman–Crippen LogP) is 2.19. The number of aryl methyl sites for hydroxylation is 3. The molecule has 0 N–H and O–H groups in total. The summed E-state index contributed by atoms with van der Waals surface area (Å²) >= 11 is 0. The number of rotatable bonds is 0. The van der Waals surface area contributed by atoms with Gasteiger partial charge < -0.3 is 4.57 Å². The molecule has 2 rings (SSSR count). The van der Waals surface area contributed by atoms with Gasteiger partial charge in [0.15, 0.2) is 0 Å². The maximum atomic E-state index is 4.33. The summed E-state index contributed by atoms with van der Waals surface area (Å²) in [7, 11) is 2.03. The summed E-state index contributed by atoms with van der Waals surface area (Å²) in [6.45, 7) is 4.24. The second-order valence-electron chi connectivity index (χ2n) is 3.25. The molecule has 2 aromatic rings. The zero-order valence-corrected chi connectivity index (χ0v) is 7.63. The maximum Gasteiger partial charge on any atom is 0.140 e. The quantitative estimate of drug-likeness (QED) is 0.577. The number of hydrogen-bond donors (Lipinski definition) is 0. The molecule has 2 heteroatoms. The van der Waals surface area contributed by atoms with Gasteiger partial charge in [0.1, 0.15) is 5.65 Å². The lowest BCUT2D eigenvalue weighted by Gasteiger charge is -1.96. The predicted molar refractivity (Wildman–Crippen MR) is 50.2 cm³/mol. The van der Waals surface area contributed by atoms with Crippen LogP contribution < -0.4 is 0 Å². The molecule has 0 spiro atoms. The molecule has 0 bridgehead atoms. The third-order valence-corrected chi connectivity index (χ3v) is 2.26. The van der Waals surface area contributed by atoms with E-state index in [9.17, 15) is 0 Å². The fourth-order valence-corrected chi connectivity index (χ4v) is 1.71. The SMILES string of the molecule is Cc1ccnc2c1c(C)cn2C. The Labute approximate surface area is 71.8 Å². The Bertz CT molecular complexity index is 427. The number of fused-ring (bicyclic) bond motifs is 1. The van der Waals surface area contributed by atoms with Gasteiger partial charge in [0.05, 0.1) is 0 Å². The standard InChI is InChI=1S/C10H12N2/c1-7-4-5-11-10-9(7)8(2)6-12(10)3/h4-6H,1-3H3. The Kier molecular flexibility index (Phi) is 1.43. The summed E-state index contributed by atoms with van der Waals surface area (Å²) < 4.78 is 2.07. The van der Waals surface area contributed by atoms with Crippen LogP contribution in [0.15, 0.2) is 18.5 Å².